The summed E-state index contributed by atoms with van der Waals surface area (Å²) in [6.45, 7) is 2.77. The third-order valence-corrected chi connectivity index (χ3v) is 5.42. The SMILES string of the molecule is O=C(C[C@@H]1COc2cc(F)ccc2N1Cc1ccccc1)N1CCCCC1. The van der Waals surface area contributed by atoms with Crippen LogP contribution in [0, 0.1) is 5.82 Å². The maximum absolute atomic E-state index is 13.6. The van der Waals surface area contributed by atoms with Crippen LogP contribution in [0.15, 0.2) is 48.5 Å². The van der Waals surface area contributed by atoms with E-state index >= 15 is 0 Å². The van der Waals surface area contributed by atoms with E-state index in [1.54, 1.807) is 6.07 Å². The molecule has 0 N–H and O–H groups in total. The molecule has 0 unspecified atom stereocenters. The minimum Gasteiger partial charge on any atom is -0.489 e. The molecule has 5 heteroatoms. The number of halogens is 1. The number of piperidine rings is 1. The molecule has 0 aromatic heterocycles. The Morgan fingerprint density at radius 2 is 1.85 bits per heavy atom. The number of benzene rings is 2. The monoisotopic (exact) mass is 368 g/mol. The highest BCUT2D eigenvalue weighted by atomic mass is 19.1. The van der Waals surface area contributed by atoms with Crippen LogP contribution in [0.2, 0.25) is 0 Å². The van der Waals surface area contributed by atoms with Crippen molar-refractivity contribution in [2.45, 2.75) is 38.3 Å². The van der Waals surface area contributed by atoms with Crippen molar-refractivity contribution in [3.63, 3.8) is 0 Å². The molecule has 0 saturated carbocycles. The van der Waals surface area contributed by atoms with Gasteiger partial charge in [0.2, 0.25) is 5.91 Å². The molecule has 0 radical (unpaired) electrons. The Labute approximate surface area is 159 Å². The summed E-state index contributed by atoms with van der Waals surface area (Å²) in [5.41, 5.74) is 2.01. The predicted octanol–water partition coefficient (Wildman–Crippen LogP) is 4.00. The van der Waals surface area contributed by atoms with E-state index < -0.39 is 0 Å². The zero-order chi connectivity index (χ0) is 18.6. The normalized spacial score (nSPS) is 19.4. The van der Waals surface area contributed by atoms with Gasteiger partial charge in [0.25, 0.3) is 0 Å². The van der Waals surface area contributed by atoms with E-state index in [4.69, 9.17) is 4.74 Å². The molecule has 2 aromatic carbocycles. The van der Waals surface area contributed by atoms with Crippen molar-refractivity contribution in [3.05, 3.63) is 59.9 Å². The van der Waals surface area contributed by atoms with Gasteiger partial charge in [0.1, 0.15) is 18.2 Å². The minimum atomic E-state index is -0.309. The van der Waals surface area contributed by atoms with E-state index in [9.17, 15) is 9.18 Å². The first-order chi connectivity index (χ1) is 13.2. The fourth-order valence-electron chi connectivity index (χ4n) is 3.95. The van der Waals surface area contributed by atoms with Gasteiger partial charge in [-0.3, -0.25) is 4.79 Å². The average molecular weight is 368 g/mol. The lowest BCUT2D eigenvalue weighted by atomic mass is 10.0. The minimum absolute atomic E-state index is 0.0578. The molecular weight excluding hydrogens is 343 g/mol. The van der Waals surface area contributed by atoms with Gasteiger partial charge < -0.3 is 14.5 Å². The molecule has 2 aliphatic rings. The van der Waals surface area contributed by atoms with Crippen molar-refractivity contribution in [2.24, 2.45) is 0 Å². The van der Waals surface area contributed by atoms with Gasteiger partial charge in [-0.25, -0.2) is 4.39 Å². The van der Waals surface area contributed by atoms with Crippen LogP contribution >= 0.6 is 0 Å². The summed E-state index contributed by atoms with van der Waals surface area (Å²) in [5.74, 6) is 0.427. The lowest BCUT2D eigenvalue weighted by Crippen LogP contribution is -2.47. The number of fused-ring (bicyclic) bond motifs is 1. The van der Waals surface area contributed by atoms with Gasteiger partial charge in [-0.2, -0.15) is 0 Å². The van der Waals surface area contributed by atoms with E-state index in [1.807, 2.05) is 23.1 Å². The highest BCUT2D eigenvalue weighted by molar-refractivity contribution is 5.78. The second-order valence-electron chi connectivity index (χ2n) is 7.34. The summed E-state index contributed by atoms with van der Waals surface area (Å²) in [5, 5.41) is 0. The fraction of sp³-hybridized carbons (Fsp3) is 0.409. The zero-order valence-corrected chi connectivity index (χ0v) is 15.4. The Bertz CT molecular complexity index is 790. The van der Waals surface area contributed by atoms with Crippen LogP contribution in [0.4, 0.5) is 10.1 Å². The smallest absolute Gasteiger partial charge is 0.224 e. The molecule has 2 aromatic rings. The number of nitrogens with zero attached hydrogens (tertiary/aromatic N) is 2. The third-order valence-electron chi connectivity index (χ3n) is 5.42. The van der Waals surface area contributed by atoms with Crippen LogP contribution in [0.3, 0.4) is 0 Å². The Morgan fingerprint density at radius 1 is 1.07 bits per heavy atom. The highest BCUT2D eigenvalue weighted by Crippen LogP contribution is 2.36. The number of anilines is 1. The third kappa shape index (κ3) is 4.07. The lowest BCUT2D eigenvalue weighted by molar-refractivity contribution is -0.132. The van der Waals surface area contributed by atoms with Crippen molar-refractivity contribution in [3.8, 4) is 5.75 Å². The standard InChI is InChI=1S/C22H25FN2O2/c23-18-9-10-20-21(13-18)27-16-19(14-22(26)24-11-5-2-6-12-24)25(20)15-17-7-3-1-4-8-17/h1,3-4,7-10,13,19H,2,5-6,11-12,14-16H2/t19-/m1/s1. The highest BCUT2D eigenvalue weighted by Gasteiger charge is 2.31. The molecule has 1 fully saturated rings. The molecule has 0 bridgehead atoms. The topological polar surface area (TPSA) is 32.8 Å². The Hall–Kier alpha value is -2.56. The second kappa shape index (κ2) is 7.99. The first kappa shape index (κ1) is 17.8. The number of carbonyl (C=O) groups is 1. The van der Waals surface area contributed by atoms with Crippen LogP contribution < -0.4 is 9.64 Å². The molecule has 1 saturated heterocycles. The van der Waals surface area contributed by atoms with E-state index in [1.165, 1.54) is 18.6 Å². The molecule has 27 heavy (non-hydrogen) atoms. The van der Waals surface area contributed by atoms with Crippen molar-refractivity contribution in [2.75, 3.05) is 24.6 Å². The molecule has 0 spiro atoms. The molecule has 1 atom stereocenters. The van der Waals surface area contributed by atoms with E-state index in [0.717, 1.165) is 37.2 Å². The molecule has 142 valence electrons. The lowest BCUT2D eigenvalue weighted by Gasteiger charge is -2.39. The number of rotatable bonds is 4. The first-order valence-corrected chi connectivity index (χ1v) is 9.71. The van der Waals surface area contributed by atoms with Crippen LogP contribution in [-0.4, -0.2) is 36.5 Å². The van der Waals surface area contributed by atoms with Crippen molar-refractivity contribution < 1.29 is 13.9 Å². The summed E-state index contributed by atoms with van der Waals surface area (Å²) < 4.78 is 19.5. The number of carbonyl (C=O) groups excluding carboxylic acids is 1. The van der Waals surface area contributed by atoms with E-state index in [-0.39, 0.29) is 17.8 Å². The molecule has 1 amide bonds. The maximum Gasteiger partial charge on any atom is 0.224 e. The van der Waals surface area contributed by atoms with Gasteiger partial charge >= 0.3 is 0 Å². The summed E-state index contributed by atoms with van der Waals surface area (Å²) in [6.07, 6.45) is 3.80. The Morgan fingerprint density at radius 3 is 2.63 bits per heavy atom. The number of hydrogen-bond acceptors (Lipinski definition) is 3. The van der Waals surface area contributed by atoms with Crippen molar-refractivity contribution in [1.82, 2.24) is 4.90 Å². The molecule has 4 nitrogen and oxygen atoms in total. The Kier molecular flexibility index (Phi) is 5.28. The van der Waals surface area contributed by atoms with Gasteiger partial charge in [-0.05, 0) is 37.0 Å². The van der Waals surface area contributed by atoms with Gasteiger partial charge in [-0.1, -0.05) is 30.3 Å². The maximum atomic E-state index is 13.6. The molecule has 0 aliphatic carbocycles. The number of likely N-dealkylation sites (tertiary alicyclic amines) is 1. The number of ether oxygens (including phenoxy) is 1. The quantitative estimate of drug-likeness (QED) is 0.818. The van der Waals surface area contributed by atoms with E-state index in [2.05, 4.69) is 17.0 Å². The molecular formula is C22H25FN2O2. The summed E-state index contributed by atoms with van der Waals surface area (Å²) >= 11 is 0. The Balaban J connectivity index is 1.57. The predicted molar refractivity (Wildman–Crippen MR) is 103 cm³/mol. The van der Waals surface area contributed by atoms with Crippen molar-refractivity contribution in [1.29, 1.82) is 0 Å². The number of amides is 1. The van der Waals surface area contributed by atoms with Gasteiger partial charge in [-0.15, -0.1) is 0 Å². The molecule has 4 rings (SSSR count). The summed E-state index contributed by atoms with van der Waals surface area (Å²) in [7, 11) is 0. The van der Waals surface area contributed by atoms with Crippen LogP contribution in [-0.2, 0) is 11.3 Å². The molecule has 2 aliphatic heterocycles. The second-order valence-corrected chi connectivity index (χ2v) is 7.34. The van der Waals surface area contributed by atoms with E-state index in [0.29, 0.717) is 25.3 Å². The van der Waals surface area contributed by atoms with Crippen LogP contribution in [0.25, 0.3) is 0 Å². The average Bonchev–Trinajstić information content (AvgIpc) is 2.71. The van der Waals surface area contributed by atoms with Gasteiger partial charge in [0, 0.05) is 25.7 Å². The fourth-order valence-corrected chi connectivity index (χ4v) is 3.95. The van der Waals surface area contributed by atoms with Gasteiger partial charge in [0.05, 0.1) is 18.2 Å². The number of hydrogen-bond donors (Lipinski definition) is 0. The largest absolute Gasteiger partial charge is 0.489 e. The zero-order valence-electron chi connectivity index (χ0n) is 15.4. The van der Waals surface area contributed by atoms with Crippen LogP contribution in [0.1, 0.15) is 31.2 Å². The first-order valence-electron chi connectivity index (χ1n) is 9.71. The van der Waals surface area contributed by atoms with Crippen LogP contribution in [0.5, 0.6) is 5.75 Å². The van der Waals surface area contributed by atoms with Gasteiger partial charge in [0.15, 0.2) is 0 Å². The van der Waals surface area contributed by atoms with Crippen molar-refractivity contribution >= 4 is 11.6 Å². The molecule has 2 heterocycles. The summed E-state index contributed by atoms with van der Waals surface area (Å²) in [6, 6.07) is 14.7. The summed E-state index contributed by atoms with van der Waals surface area (Å²) in [4.78, 5) is 17.0.